The number of Topliss-reactive ketones (excluding diaryl/α,β-unsaturated/α-hetero) is 1. The number of allylic oxidation sites excluding steroid dienone is 1. The highest BCUT2D eigenvalue weighted by molar-refractivity contribution is 6.30. The van der Waals surface area contributed by atoms with Gasteiger partial charge in [-0.25, -0.2) is 0 Å². The smallest absolute Gasteiger partial charge is 0.204 e. The zero-order chi connectivity index (χ0) is 20.1. The van der Waals surface area contributed by atoms with Gasteiger partial charge in [-0.05, 0) is 55.7 Å². The minimum absolute atomic E-state index is 0.411. The van der Waals surface area contributed by atoms with Crippen LogP contribution in [0.3, 0.4) is 0 Å². The number of hydrogen-bond donors (Lipinski definition) is 3. The summed E-state index contributed by atoms with van der Waals surface area (Å²) in [4.78, 5) is 23.9. The molecule has 1 fully saturated rings. The lowest BCUT2D eigenvalue weighted by Crippen LogP contribution is -2.47. The van der Waals surface area contributed by atoms with E-state index in [1.165, 1.54) is 0 Å². The standard InChI is InChI=1S/C22H24ClN3O2/c1-15(25-26-18-10-8-17(23)9-11-18)19-13-24-22(2,21(19)20(28)14-27)12-16-6-4-3-5-7-16/h3-11,14,21,24-26H,12-13H2,1-2H3. The molecule has 3 rings (SSSR count). The van der Waals surface area contributed by atoms with Gasteiger partial charge in [0.2, 0.25) is 5.78 Å². The van der Waals surface area contributed by atoms with Gasteiger partial charge in [0.15, 0.2) is 6.29 Å². The summed E-state index contributed by atoms with van der Waals surface area (Å²) in [6.45, 7) is 4.44. The molecule has 2 atom stereocenters. The van der Waals surface area contributed by atoms with Gasteiger partial charge in [0.05, 0.1) is 11.6 Å². The largest absolute Gasteiger partial charge is 0.306 e. The van der Waals surface area contributed by atoms with Gasteiger partial charge < -0.3 is 16.2 Å². The number of ketones is 1. The Morgan fingerprint density at radius 3 is 2.54 bits per heavy atom. The molecule has 2 aromatic carbocycles. The third-order valence-electron chi connectivity index (χ3n) is 5.20. The molecule has 0 spiro atoms. The number of rotatable bonds is 7. The van der Waals surface area contributed by atoms with Crippen LogP contribution in [0.4, 0.5) is 5.69 Å². The maximum atomic E-state index is 12.5. The first-order chi connectivity index (χ1) is 13.4. The van der Waals surface area contributed by atoms with E-state index in [4.69, 9.17) is 11.6 Å². The number of hydrazine groups is 1. The number of benzene rings is 2. The van der Waals surface area contributed by atoms with E-state index in [1.54, 1.807) is 12.1 Å². The van der Waals surface area contributed by atoms with Gasteiger partial charge in [-0.15, -0.1) is 0 Å². The zero-order valence-corrected chi connectivity index (χ0v) is 16.7. The van der Waals surface area contributed by atoms with E-state index in [-0.39, 0.29) is 0 Å². The normalized spacial score (nSPS) is 23.2. The van der Waals surface area contributed by atoms with Crippen molar-refractivity contribution in [3.05, 3.63) is 76.5 Å². The summed E-state index contributed by atoms with van der Waals surface area (Å²) in [6, 6.07) is 17.3. The number of anilines is 1. The minimum Gasteiger partial charge on any atom is -0.306 e. The molecule has 28 heavy (non-hydrogen) atoms. The van der Waals surface area contributed by atoms with Crippen LogP contribution in [0.15, 0.2) is 65.9 Å². The Hall–Kier alpha value is -2.63. The monoisotopic (exact) mass is 397 g/mol. The molecule has 0 saturated carbocycles. The zero-order valence-electron chi connectivity index (χ0n) is 16.0. The van der Waals surface area contributed by atoms with E-state index < -0.39 is 17.2 Å². The SMILES string of the molecule is CC(NNc1ccc(Cl)cc1)=C1CNC(C)(Cc2ccccc2)C1C(=O)C=O. The van der Waals surface area contributed by atoms with E-state index in [0.29, 0.717) is 24.3 Å². The first-order valence-corrected chi connectivity index (χ1v) is 9.56. The fraction of sp³-hybridized carbons (Fsp3) is 0.273. The van der Waals surface area contributed by atoms with Crippen molar-refractivity contribution in [1.82, 2.24) is 10.7 Å². The van der Waals surface area contributed by atoms with Gasteiger partial charge >= 0.3 is 0 Å². The molecule has 1 heterocycles. The Labute approximate surface area is 170 Å². The van der Waals surface area contributed by atoms with Crippen molar-refractivity contribution in [3.63, 3.8) is 0 Å². The highest BCUT2D eigenvalue weighted by atomic mass is 35.5. The van der Waals surface area contributed by atoms with Gasteiger partial charge in [0, 0.05) is 22.8 Å². The predicted molar refractivity (Wildman–Crippen MR) is 112 cm³/mol. The summed E-state index contributed by atoms with van der Waals surface area (Å²) in [5, 5.41) is 4.12. The molecule has 0 amide bonds. The molecule has 1 aliphatic heterocycles. The van der Waals surface area contributed by atoms with Gasteiger partial charge in [-0.1, -0.05) is 41.9 Å². The average molecular weight is 398 g/mol. The van der Waals surface area contributed by atoms with Crippen LogP contribution >= 0.6 is 11.6 Å². The van der Waals surface area contributed by atoms with E-state index in [2.05, 4.69) is 16.2 Å². The van der Waals surface area contributed by atoms with E-state index >= 15 is 0 Å². The quantitative estimate of drug-likeness (QED) is 0.379. The van der Waals surface area contributed by atoms with Crippen LogP contribution < -0.4 is 16.2 Å². The van der Waals surface area contributed by atoms with Gasteiger partial charge in [0.25, 0.3) is 0 Å². The highest BCUT2D eigenvalue weighted by Gasteiger charge is 2.46. The second-order valence-corrected chi connectivity index (χ2v) is 7.73. The number of carbonyl (C=O) groups is 2. The minimum atomic E-state index is -0.530. The molecule has 0 aliphatic carbocycles. The van der Waals surface area contributed by atoms with Crippen LogP contribution in [-0.4, -0.2) is 24.2 Å². The summed E-state index contributed by atoms with van der Waals surface area (Å²) >= 11 is 5.91. The van der Waals surface area contributed by atoms with Gasteiger partial charge in [-0.2, -0.15) is 0 Å². The summed E-state index contributed by atoms with van der Waals surface area (Å²) in [6.07, 6.45) is 1.08. The first kappa shape index (κ1) is 20.1. The van der Waals surface area contributed by atoms with Crippen LogP contribution in [0.1, 0.15) is 19.4 Å². The Kier molecular flexibility index (Phi) is 6.17. The maximum absolute atomic E-state index is 12.5. The van der Waals surface area contributed by atoms with Crippen molar-refractivity contribution in [2.75, 3.05) is 12.0 Å². The molecule has 5 nitrogen and oxygen atoms in total. The van der Waals surface area contributed by atoms with Crippen LogP contribution in [0.25, 0.3) is 0 Å². The summed E-state index contributed by atoms with van der Waals surface area (Å²) < 4.78 is 0. The summed E-state index contributed by atoms with van der Waals surface area (Å²) in [5.74, 6) is -0.934. The molecule has 0 aromatic heterocycles. The van der Waals surface area contributed by atoms with E-state index in [0.717, 1.165) is 22.5 Å². The molecule has 3 N–H and O–H groups in total. The average Bonchev–Trinajstić information content (AvgIpc) is 3.04. The van der Waals surface area contributed by atoms with E-state index in [1.807, 2.05) is 56.3 Å². The second kappa shape index (κ2) is 8.59. The lowest BCUT2D eigenvalue weighted by molar-refractivity contribution is -0.132. The van der Waals surface area contributed by atoms with E-state index in [9.17, 15) is 9.59 Å². The van der Waals surface area contributed by atoms with Crippen LogP contribution in [-0.2, 0) is 16.0 Å². The number of nitrogens with one attached hydrogen (secondary N) is 3. The Morgan fingerprint density at radius 2 is 1.89 bits per heavy atom. The molecule has 2 unspecified atom stereocenters. The highest BCUT2D eigenvalue weighted by Crippen LogP contribution is 2.35. The topological polar surface area (TPSA) is 70.2 Å². The Bertz CT molecular complexity index is 880. The van der Waals surface area contributed by atoms with Crippen molar-refractivity contribution < 1.29 is 9.59 Å². The predicted octanol–water partition coefficient (Wildman–Crippen LogP) is 3.52. The number of aldehydes is 1. The van der Waals surface area contributed by atoms with Gasteiger partial charge in [0.1, 0.15) is 0 Å². The fourth-order valence-corrected chi connectivity index (χ4v) is 3.88. The van der Waals surface area contributed by atoms with Crippen LogP contribution in [0, 0.1) is 5.92 Å². The third-order valence-corrected chi connectivity index (χ3v) is 5.46. The summed E-state index contributed by atoms with van der Waals surface area (Å²) in [7, 11) is 0. The maximum Gasteiger partial charge on any atom is 0.204 e. The molecule has 1 saturated heterocycles. The Balaban J connectivity index is 1.82. The summed E-state index contributed by atoms with van der Waals surface area (Å²) in [5.41, 5.74) is 9.40. The van der Waals surface area contributed by atoms with Crippen LogP contribution in [0.2, 0.25) is 5.02 Å². The number of halogens is 1. The third kappa shape index (κ3) is 4.43. The molecular weight excluding hydrogens is 374 g/mol. The molecule has 2 aromatic rings. The molecule has 6 heteroatoms. The molecule has 1 aliphatic rings. The van der Waals surface area contributed by atoms with Crippen molar-refractivity contribution in [2.24, 2.45) is 5.92 Å². The van der Waals surface area contributed by atoms with Crippen LogP contribution in [0.5, 0.6) is 0 Å². The van der Waals surface area contributed by atoms with Gasteiger partial charge in [-0.3, -0.25) is 9.59 Å². The molecular formula is C22H24ClN3O2. The molecule has 0 bridgehead atoms. The lowest BCUT2D eigenvalue weighted by atomic mass is 9.77. The Morgan fingerprint density at radius 1 is 1.21 bits per heavy atom. The number of hydrogen-bond acceptors (Lipinski definition) is 5. The molecule has 146 valence electrons. The first-order valence-electron chi connectivity index (χ1n) is 9.18. The van der Waals surface area contributed by atoms with Crippen molar-refractivity contribution in [2.45, 2.75) is 25.8 Å². The fourth-order valence-electron chi connectivity index (χ4n) is 3.75. The van der Waals surface area contributed by atoms with Crippen molar-refractivity contribution in [3.8, 4) is 0 Å². The lowest BCUT2D eigenvalue weighted by Gasteiger charge is -2.30. The number of carbonyl (C=O) groups excluding carboxylic acids is 2. The van der Waals surface area contributed by atoms with Crippen molar-refractivity contribution >= 4 is 29.4 Å². The molecule has 0 radical (unpaired) electrons. The second-order valence-electron chi connectivity index (χ2n) is 7.29. The van der Waals surface area contributed by atoms with Crippen molar-refractivity contribution in [1.29, 1.82) is 0 Å².